The average molecular weight is 1210 g/mol. The van der Waals surface area contributed by atoms with Crippen molar-refractivity contribution in [2.24, 2.45) is 11.8 Å². The molecule has 4 aromatic rings. The molecular formula is C67H90N10O11. The molecule has 4 saturated heterocycles. The summed E-state index contributed by atoms with van der Waals surface area (Å²) in [6.07, 6.45) is 8.08. The maximum absolute atomic E-state index is 15.1. The predicted molar refractivity (Wildman–Crippen MR) is 336 cm³/mol. The van der Waals surface area contributed by atoms with Gasteiger partial charge in [0.05, 0.1) is 18.1 Å². The van der Waals surface area contributed by atoms with Gasteiger partial charge in [-0.1, -0.05) is 111 Å². The quantitative estimate of drug-likeness (QED) is 0.0248. The Morgan fingerprint density at radius 1 is 0.568 bits per heavy atom. The van der Waals surface area contributed by atoms with Crippen molar-refractivity contribution in [3.8, 4) is 0 Å². The average Bonchev–Trinajstić information content (AvgIpc) is 2.74. The summed E-state index contributed by atoms with van der Waals surface area (Å²) in [5.74, 6) is -3.47. The highest BCUT2D eigenvalue weighted by Crippen LogP contribution is 2.39. The van der Waals surface area contributed by atoms with E-state index in [1.165, 1.54) is 0 Å². The molecule has 0 spiro atoms. The Morgan fingerprint density at radius 3 is 1.59 bits per heavy atom. The largest absolute Gasteiger partial charge is 0.396 e. The predicted octanol–water partition coefficient (Wildman–Crippen LogP) is 3.89. The molecule has 6 amide bonds. The van der Waals surface area contributed by atoms with Gasteiger partial charge in [-0.3, -0.25) is 47.9 Å². The first-order chi connectivity index (χ1) is 42.6. The fraction of sp³-hybridized carbons (Fsp3) is 0.552. The summed E-state index contributed by atoms with van der Waals surface area (Å²) < 4.78 is 0. The minimum Gasteiger partial charge on any atom is -0.396 e. The first-order valence-electron chi connectivity index (χ1n) is 31.9. The number of hydrogen-bond acceptors (Lipinski definition) is 15. The van der Waals surface area contributed by atoms with Gasteiger partial charge in [-0.05, 0) is 121 Å². The Balaban J connectivity index is 0.835. The number of carbonyl (C=O) groups excluding carboxylic acids is 8. The van der Waals surface area contributed by atoms with Crippen molar-refractivity contribution < 1.29 is 43.5 Å². The highest BCUT2D eigenvalue weighted by molar-refractivity contribution is 6.00. The molecule has 88 heavy (non-hydrogen) atoms. The van der Waals surface area contributed by atoms with E-state index in [1.54, 1.807) is 72.4 Å². The van der Waals surface area contributed by atoms with Crippen molar-refractivity contribution in [2.75, 3.05) is 51.0 Å². The third kappa shape index (κ3) is 15.3. The van der Waals surface area contributed by atoms with Crippen LogP contribution in [0.1, 0.15) is 140 Å². The molecular weight excluding hydrogens is 1120 g/mol. The van der Waals surface area contributed by atoms with Gasteiger partial charge in [0, 0.05) is 69.4 Å². The molecule has 0 bridgehead atoms. The molecule has 0 aliphatic carbocycles. The first-order valence-corrected chi connectivity index (χ1v) is 31.9. The van der Waals surface area contributed by atoms with Gasteiger partial charge < -0.3 is 57.4 Å². The Morgan fingerprint density at radius 2 is 1.06 bits per heavy atom. The van der Waals surface area contributed by atoms with Gasteiger partial charge >= 0.3 is 0 Å². The lowest BCUT2D eigenvalue weighted by Gasteiger charge is -2.38. The third-order valence-corrected chi connectivity index (χ3v) is 18.8. The molecule has 4 heterocycles. The molecule has 8 rings (SSSR count). The summed E-state index contributed by atoms with van der Waals surface area (Å²) >= 11 is 0. The molecule has 21 heteroatoms. The molecule has 4 aliphatic heterocycles. The Hall–Kier alpha value is -7.62. The van der Waals surface area contributed by atoms with Crippen LogP contribution < -0.4 is 53.4 Å². The number of rotatable bonds is 32. The maximum atomic E-state index is 15.1. The lowest BCUT2D eigenvalue weighted by molar-refractivity contribution is -0.145. The Labute approximate surface area is 515 Å². The number of nitrogens with zero attached hydrogens (tertiary/aromatic N) is 2. The van der Waals surface area contributed by atoms with E-state index in [0.29, 0.717) is 120 Å². The minimum atomic E-state index is -1.64. The lowest BCUT2D eigenvalue weighted by atomic mass is 9.77. The van der Waals surface area contributed by atoms with E-state index in [0.717, 1.165) is 5.56 Å². The molecule has 0 radical (unpaired) electrons. The number of fused-ring (bicyclic) bond motifs is 2. The lowest BCUT2D eigenvalue weighted by Crippen LogP contribution is -2.61. The number of likely N-dealkylation sites (N-methyl/N-ethyl adjacent to an activating group) is 2. The monoisotopic (exact) mass is 1210 g/mol. The number of Topliss-reactive ketones (excluding diaryl/α,β-unsaturated/α-hetero) is 2. The van der Waals surface area contributed by atoms with Gasteiger partial charge in [0.2, 0.25) is 35.4 Å². The number of benzene rings is 3. The van der Waals surface area contributed by atoms with Crippen molar-refractivity contribution >= 4 is 58.4 Å². The number of amides is 6. The van der Waals surface area contributed by atoms with Crippen LogP contribution in [0.25, 0.3) is 0 Å². The van der Waals surface area contributed by atoms with E-state index < -0.39 is 76.3 Å². The number of anilines is 2. The SMILES string of the molecule is CC[C@H](NC)C(=O)N[C@@H]1C(=O)N2[C@@H](CC[C@@H]1CNC(=O)CCCNc1c(NCCCCCC(=O)C(NC(=O)[C@@H]3CC[C@@H]4CC[C@H](CO)[C@H](NC(=O)[C@H](CC)NC)C(=O)N43)(c3ccccc3)c3ccccc3)c(=O)c1=O)CC[C@H]2C(=O)CCc1ccccc1. The fourth-order valence-corrected chi connectivity index (χ4v) is 13.7. The molecule has 4 aliphatic rings. The van der Waals surface area contributed by atoms with Gasteiger partial charge in [-0.25, -0.2) is 0 Å². The fourth-order valence-electron chi connectivity index (χ4n) is 13.7. The van der Waals surface area contributed by atoms with E-state index in [4.69, 9.17) is 0 Å². The Bertz CT molecular complexity index is 3070. The zero-order valence-electron chi connectivity index (χ0n) is 51.4. The van der Waals surface area contributed by atoms with Crippen LogP contribution >= 0.6 is 0 Å². The Kier molecular flexibility index (Phi) is 23.8. The summed E-state index contributed by atoms with van der Waals surface area (Å²) in [7, 11) is 3.35. The zero-order valence-corrected chi connectivity index (χ0v) is 51.4. The molecule has 4 aromatic carbocycles. The van der Waals surface area contributed by atoms with Crippen LogP contribution in [0.5, 0.6) is 0 Å². The summed E-state index contributed by atoms with van der Waals surface area (Å²) in [5, 5.41) is 34.6. The summed E-state index contributed by atoms with van der Waals surface area (Å²) in [6, 6.07) is 22.7. The highest BCUT2D eigenvalue weighted by atomic mass is 16.3. The second kappa shape index (κ2) is 31.5. The van der Waals surface area contributed by atoms with Crippen LogP contribution in [-0.4, -0.2) is 151 Å². The van der Waals surface area contributed by atoms with Gasteiger partial charge in [0.25, 0.3) is 10.9 Å². The van der Waals surface area contributed by atoms with E-state index in [2.05, 4.69) is 42.5 Å². The zero-order chi connectivity index (χ0) is 62.9. The number of carbonyl (C=O) groups is 8. The van der Waals surface area contributed by atoms with Crippen LogP contribution in [0, 0.1) is 11.8 Å². The number of hydrogen-bond donors (Lipinski definition) is 9. The second-order valence-corrected chi connectivity index (χ2v) is 24.1. The van der Waals surface area contributed by atoms with Crippen LogP contribution in [0.4, 0.5) is 11.4 Å². The van der Waals surface area contributed by atoms with Gasteiger partial charge in [0.1, 0.15) is 35.0 Å². The molecule has 474 valence electrons. The summed E-state index contributed by atoms with van der Waals surface area (Å²) in [6.45, 7) is 4.06. The molecule has 9 N–H and O–H groups in total. The van der Waals surface area contributed by atoms with Crippen molar-refractivity contribution in [3.05, 3.63) is 128 Å². The minimum absolute atomic E-state index is 0.000893. The third-order valence-electron chi connectivity index (χ3n) is 18.8. The smallest absolute Gasteiger partial charge is 0.253 e. The van der Waals surface area contributed by atoms with Crippen molar-refractivity contribution in [3.63, 3.8) is 0 Å². The van der Waals surface area contributed by atoms with E-state index in [9.17, 15) is 48.3 Å². The second-order valence-electron chi connectivity index (χ2n) is 24.1. The number of aliphatic hydroxyl groups excluding tert-OH is 1. The van der Waals surface area contributed by atoms with Gasteiger partial charge in [-0.15, -0.1) is 0 Å². The summed E-state index contributed by atoms with van der Waals surface area (Å²) in [4.78, 5) is 142. The maximum Gasteiger partial charge on any atom is 0.253 e. The molecule has 0 aromatic heterocycles. The molecule has 21 nitrogen and oxygen atoms in total. The number of unbranched alkanes of at least 4 members (excludes halogenated alkanes) is 2. The number of ketones is 2. The number of aliphatic hydroxyl groups is 1. The van der Waals surface area contributed by atoms with E-state index in [1.807, 2.05) is 56.3 Å². The van der Waals surface area contributed by atoms with Crippen LogP contribution in [0.15, 0.2) is 101 Å². The molecule has 4 fully saturated rings. The van der Waals surface area contributed by atoms with Crippen LogP contribution in [-0.2, 0) is 50.3 Å². The normalized spacial score (nSPS) is 22.6. The van der Waals surface area contributed by atoms with Crippen LogP contribution in [0.3, 0.4) is 0 Å². The number of nitrogens with one attached hydrogen (secondary N) is 8. The van der Waals surface area contributed by atoms with E-state index in [-0.39, 0.29) is 91.2 Å². The van der Waals surface area contributed by atoms with Crippen LogP contribution in [0.2, 0.25) is 0 Å². The number of aryl methyl sites for hydroxylation is 1. The molecule has 0 saturated carbocycles. The first kappa shape index (κ1) is 66.3. The summed E-state index contributed by atoms with van der Waals surface area (Å²) in [5.41, 5.74) is -0.563. The molecule has 0 unspecified atom stereocenters. The highest BCUT2D eigenvalue weighted by Gasteiger charge is 2.51. The van der Waals surface area contributed by atoms with E-state index >= 15 is 4.79 Å². The van der Waals surface area contributed by atoms with Gasteiger partial charge in [-0.2, -0.15) is 0 Å². The standard InChI is InChI=1S/C67H90N10O11/c1-5-49(68-3)62(84)73-56-43(29-31-47-33-35-51(76(47)65(56)87)53(79)37-28-42-20-11-7-12-21-42)40-72-55(81)27-19-39-71-59-58(60(82)61(59)83)70-38-18-10-17-26-54(80)67(45-22-13-8-14-23-45,46-24-15-9-16-25-46)75-64(86)52-36-34-48-32-30-44(41-78)57(66(88)77(48)52)74-63(85)50(6-2)69-4/h7-9,11-16,20-25,43-44,47-52,56-57,68-71,78H,5-6,10,17-19,26-41H2,1-4H3,(H,72,81)(H,73,84)(H,74,85)(H,75,86)/t43-,44-,47+,48+,49+,50+,51+,52+,56+,57+/m1/s1. The van der Waals surface area contributed by atoms with Gasteiger partial charge in [0.15, 0.2) is 11.6 Å². The van der Waals surface area contributed by atoms with Crippen molar-refractivity contribution in [1.29, 1.82) is 0 Å². The van der Waals surface area contributed by atoms with Crippen molar-refractivity contribution in [1.82, 2.24) is 41.7 Å². The van der Waals surface area contributed by atoms with Crippen molar-refractivity contribution in [2.45, 2.75) is 183 Å². The topological polar surface area (TPSA) is 294 Å². The molecule has 10 atom stereocenters.